The van der Waals surface area contributed by atoms with Crippen molar-refractivity contribution in [1.82, 2.24) is 0 Å². The zero-order chi connectivity index (χ0) is 12.8. The topological polar surface area (TPSA) is 63.6 Å². The summed E-state index contributed by atoms with van der Waals surface area (Å²) >= 11 is 0. The number of Topliss-reactive ketones (excluding diaryl/α,β-unsaturated/α-hetero) is 1. The van der Waals surface area contributed by atoms with E-state index in [2.05, 4.69) is 0 Å². The quantitative estimate of drug-likeness (QED) is 0.770. The van der Waals surface area contributed by atoms with Crippen LogP contribution in [0.2, 0.25) is 0 Å². The molecule has 4 nitrogen and oxygen atoms in total. The average Bonchev–Trinajstić information content (AvgIpc) is 2.34. The van der Waals surface area contributed by atoms with Crippen molar-refractivity contribution in [3.05, 3.63) is 29.3 Å². The van der Waals surface area contributed by atoms with Gasteiger partial charge >= 0.3 is 5.97 Å². The first kappa shape index (κ1) is 13.2. The van der Waals surface area contributed by atoms with Crippen LogP contribution in [-0.4, -0.2) is 24.0 Å². The lowest BCUT2D eigenvalue weighted by Crippen LogP contribution is -2.06. The van der Waals surface area contributed by atoms with Gasteiger partial charge in [0.25, 0.3) is 0 Å². The van der Waals surface area contributed by atoms with Crippen molar-refractivity contribution in [3.63, 3.8) is 0 Å². The number of methoxy groups -OCH3 is 1. The third-order valence-electron chi connectivity index (χ3n) is 2.56. The molecule has 0 heterocycles. The highest BCUT2D eigenvalue weighted by Crippen LogP contribution is 2.20. The molecule has 0 amide bonds. The van der Waals surface area contributed by atoms with Gasteiger partial charge in [0.05, 0.1) is 13.5 Å². The van der Waals surface area contributed by atoms with Gasteiger partial charge in [-0.3, -0.25) is 9.59 Å². The summed E-state index contributed by atoms with van der Waals surface area (Å²) in [7, 11) is 1.57. The lowest BCUT2D eigenvalue weighted by molar-refractivity contribution is -0.136. The third-order valence-corrected chi connectivity index (χ3v) is 2.56. The van der Waals surface area contributed by atoms with Crippen LogP contribution in [0.3, 0.4) is 0 Å². The molecule has 0 aromatic heterocycles. The molecule has 0 spiro atoms. The van der Waals surface area contributed by atoms with Crippen LogP contribution < -0.4 is 4.74 Å². The Kier molecular flexibility index (Phi) is 4.69. The van der Waals surface area contributed by atoms with Gasteiger partial charge in [-0.15, -0.1) is 0 Å². The first-order chi connectivity index (χ1) is 8.08. The van der Waals surface area contributed by atoms with Crippen molar-refractivity contribution in [2.75, 3.05) is 7.11 Å². The molecule has 0 radical (unpaired) electrons. The SMILES string of the molecule is CCc1cc(OC)ccc1C(=O)CCC(=O)O. The van der Waals surface area contributed by atoms with Gasteiger partial charge in [0, 0.05) is 12.0 Å². The molecule has 1 aromatic carbocycles. The van der Waals surface area contributed by atoms with Crippen molar-refractivity contribution < 1.29 is 19.4 Å². The van der Waals surface area contributed by atoms with E-state index in [1.807, 2.05) is 13.0 Å². The first-order valence-corrected chi connectivity index (χ1v) is 5.50. The molecule has 1 aromatic rings. The molecule has 17 heavy (non-hydrogen) atoms. The average molecular weight is 236 g/mol. The van der Waals surface area contributed by atoms with Crippen LogP contribution >= 0.6 is 0 Å². The standard InChI is InChI=1S/C13H16O4/c1-3-9-8-10(17-2)4-5-11(9)12(14)6-7-13(15)16/h4-5,8H,3,6-7H2,1-2H3,(H,15,16). The summed E-state index contributed by atoms with van der Waals surface area (Å²) in [5, 5.41) is 8.55. The lowest BCUT2D eigenvalue weighted by Gasteiger charge is -2.08. The number of carboxylic acids is 1. The van der Waals surface area contributed by atoms with Crippen LogP contribution in [-0.2, 0) is 11.2 Å². The van der Waals surface area contributed by atoms with Gasteiger partial charge in [-0.1, -0.05) is 6.92 Å². The number of benzene rings is 1. The highest BCUT2D eigenvalue weighted by Gasteiger charge is 2.12. The zero-order valence-corrected chi connectivity index (χ0v) is 10.0. The van der Waals surface area contributed by atoms with E-state index in [0.29, 0.717) is 17.7 Å². The molecule has 1 N–H and O–H groups in total. The summed E-state index contributed by atoms with van der Waals surface area (Å²) in [4.78, 5) is 22.2. The second-order valence-electron chi connectivity index (χ2n) is 3.69. The zero-order valence-electron chi connectivity index (χ0n) is 10.0. The summed E-state index contributed by atoms with van der Waals surface area (Å²) in [6.45, 7) is 1.95. The Morgan fingerprint density at radius 3 is 2.53 bits per heavy atom. The van der Waals surface area contributed by atoms with Crippen molar-refractivity contribution in [1.29, 1.82) is 0 Å². The maximum Gasteiger partial charge on any atom is 0.303 e. The number of rotatable bonds is 6. The normalized spacial score (nSPS) is 10.0. The maximum absolute atomic E-state index is 11.8. The summed E-state index contributed by atoms with van der Waals surface area (Å²) in [5.74, 6) is -0.381. The molecule has 0 aliphatic rings. The second kappa shape index (κ2) is 6.03. The van der Waals surface area contributed by atoms with Crippen LogP contribution in [0.5, 0.6) is 5.75 Å². The molecule has 0 aliphatic heterocycles. The van der Waals surface area contributed by atoms with Gasteiger partial charge in [0.2, 0.25) is 0 Å². The van der Waals surface area contributed by atoms with Gasteiger partial charge in [0.1, 0.15) is 5.75 Å². The van der Waals surface area contributed by atoms with Crippen LogP contribution in [0.1, 0.15) is 35.7 Å². The molecular weight excluding hydrogens is 220 g/mol. The molecular formula is C13H16O4. The minimum atomic E-state index is -0.954. The van der Waals surface area contributed by atoms with Crippen LogP contribution in [0.15, 0.2) is 18.2 Å². The summed E-state index contributed by atoms with van der Waals surface area (Å²) in [6.07, 6.45) is 0.619. The van der Waals surface area contributed by atoms with Crippen LogP contribution in [0.4, 0.5) is 0 Å². The van der Waals surface area contributed by atoms with Gasteiger partial charge < -0.3 is 9.84 Å². The molecule has 0 fully saturated rings. The van der Waals surface area contributed by atoms with Crippen molar-refractivity contribution in [2.24, 2.45) is 0 Å². The van der Waals surface area contributed by atoms with E-state index in [1.165, 1.54) is 0 Å². The number of carbonyl (C=O) groups is 2. The molecule has 0 saturated heterocycles. The largest absolute Gasteiger partial charge is 0.497 e. The molecule has 1 rings (SSSR count). The predicted octanol–water partition coefficient (Wildman–Crippen LogP) is 2.31. The Morgan fingerprint density at radius 2 is 2.00 bits per heavy atom. The minimum absolute atomic E-state index is 0.0364. The molecule has 0 aliphatic carbocycles. The molecule has 0 saturated carbocycles. The smallest absolute Gasteiger partial charge is 0.303 e. The Morgan fingerprint density at radius 1 is 1.29 bits per heavy atom. The number of aryl methyl sites for hydroxylation is 1. The molecule has 0 unspecified atom stereocenters. The third kappa shape index (κ3) is 3.59. The van der Waals surface area contributed by atoms with Crippen molar-refractivity contribution in [3.8, 4) is 5.75 Å². The van der Waals surface area contributed by atoms with Crippen LogP contribution in [0.25, 0.3) is 0 Å². The van der Waals surface area contributed by atoms with E-state index >= 15 is 0 Å². The number of carboxylic acid groups (broad SMARTS) is 1. The number of aliphatic carboxylic acids is 1. The van der Waals surface area contributed by atoms with E-state index in [9.17, 15) is 9.59 Å². The van der Waals surface area contributed by atoms with Gasteiger partial charge in [-0.05, 0) is 30.2 Å². The molecule has 0 atom stereocenters. The molecule has 0 bridgehead atoms. The second-order valence-corrected chi connectivity index (χ2v) is 3.69. The lowest BCUT2D eigenvalue weighted by atomic mass is 9.98. The number of ether oxygens (including phenoxy) is 1. The molecule has 4 heteroatoms. The summed E-state index contributed by atoms with van der Waals surface area (Å²) in [6, 6.07) is 5.23. The Labute approximate surface area is 100 Å². The number of ketones is 1. The van der Waals surface area contributed by atoms with E-state index in [4.69, 9.17) is 9.84 Å². The highest BCUT2D eigenvalue weighted by molar-refractivity contribution is 5.98. The molecule has 92 valence electrons. The van der Waals surface area contributed by atoms with Gasteiger partial charge in [-0.25, -0.2) is 0 Å². The summed E-state index contributed by atoms with van der Waals surface area (Å²) < 4.78 is 5.08. The fourth-order valence-corrected chi connectivity index (χ4v) is 1.62. The van der Waals surface area contributed by atoms with E-state index < -0.39 is 5.97 Å². The predicted molar refractivity (Wildman–Crippen MR) is 63.6 cm³/mol. The fourth-order valence-electron chi connectivity index (χ4n) is 1.62. The van der Waals surface area contributed by atoms with Gasteiger partial charge in [-0.2, -0.15) is 0 Å². The first-order valence-electron chi connectivity index (χ1n) is 5.50. The van der Waals surface area contributed by atoms with Crippen molar-refractivity contribution >= 4 is 11.8 Å². The Balaban J connectivity index is 2.89. The Bertz CT molecular complexity index is 423. The van der Waals surface area contributed by atoms with E-state index in [1.54, 1.807) is 19.2 Å². The number of hydrogen-bond acceptors (Lipinski definition) is 3. The van der Waals surface area contributed by atoms with E-state index in [0.717, 1.165) is 5.56 Å². The number of hydrogen-bond donors (Lipinski definition) is 1. The van der Waals surface area contributed by atoms with Crippen molar-refractivity contribution in [2.45, 2.75) is 26.2 Å². The fraction of sp³-hybridized carbons (Fsp3) is 0.385. The maximum atomic E-state index is 11.8. The minimum Gasteiger partial charge on any atom is -0.497 e. The highest BCUT2D eigenvalue weighted by atomic mass is 16.5. The summed E-state index contributed by atoms with van der Waals surface area (Å²) in [5.41, 5.74) is 1.48. The van der Waals surface area contributed by atoms with E-state index in [-0.39, 0.29) is 18.6 Å². The monoisotopic (exact) mass is 236 g/mol. The Hall–Kier alpha value is -1.84. The van der Waals surface area contributed by atoms with Gasteiger partial charge in [0.15, 0.2) is 5.78 Å². The number of carbonyl (C=O) groups excluding carboxylic acids is 1. The van der Waals surface area contributed by atoms with Crippen LogP contribution in [0, 0.1) is 0 Å².